The number of nitrogens with one attached hydrogen (secondary N) is 1. The zero-order chi connectivity index (χ0) is 10.2. The topological polar surface area (TPSA) is 21.3 Å². The predicted molar refractivity (Wildman–Crippen MR) is 54.2 cm³/mol. The van der Waals surface area contributed by atoms with Gasteiger partial charge in [-0.25, -0.2) is 4.39 Å². The second kappa shape index (κ2) is 3.15. The highest BCUT2D eigenvalue weighted by atomic mass is 19.1. The molecule has 1 aliphatic heterocycles. The van der Waals surface area contributed by atoms with Gasteiger partial charge >= 0.3 is 0 Å². The molecule has 1 aliphatic rings. The van der Waals surface area contributed by atoms with Crippen LogP contribution in [0, 0.1) is 5.82 Å². The Morgan fingerprint density at radius 3 is 3.00 bits per heavy atom. The van der Waals surface area contributed by atoms with E-state index in [1.165, 1.54) is 12.1 Å². The summed E-state index contributed by atoms with van der Waals surface area (Å²) in [4.78, 5) is 0. The Morgan fingerprint density at radius 1 is 1.43 bits per heavy atom. The van der Waals surface area contributed by atoms with Gasteiger partial charge in [-0.05, 0) is 26.0 Å². The fourth-order valence-electron chi connectivity index (χ4n) is 1.57. The fraction of sp³-hybridized carbons (Fsp3) is 0.455. The zero-order valence-corrected chi connectivity index (χ0v) is 8.43. The van der Waals surface area contributed by atoms with E-state index in [4.69, 9.17) is 4.74 Å². The third-order valence-electron chi connectivity index (χ3n) is 2.37. The summed E-state index contributed by atoms with van der Waals surface area (Å²) in [6, 6.07) is 4.58. The summed E-state index contributed by atoms with van der Waals surface area (Å²) in [7, 11) is 0. The molecule has 3 heteroatoms. The van der Waals surface area contributed by atoms with Crippen LogP contribution in [0.2, 0.25) is 0 Å². The zero-order valence-electron chi connectivity index (χ0n) is 8.43. The summed E-state index contributed by atoms with van der Waals surface area (Å²) >= 11 is 0. The maximum atomic E-state index is 13.0. The van der Waals surface area contributed by atoms with Crippen molar-refractivity contribution in [3.63, 3.8) is 0 Å². The van der Waals surface area contributed by atoms with Crippen LogP contribution < -0.4 is 10.1 Å². The molecule has 1 aromatic carbocycles. The van der Waals surface area contributed by atoms with Crippen molar-refractivity contribution in [2.75, 3.05) is 11.9 Å². The van der Waals surface area contributed by atoms with Crippen LogP contribution in [-0.4, -0.2) is 12.1 Å². The molecular formula is C11H14FNO. The van der Waals surface area contributed by atoms with E-state index in [1.807, 2.05) is 13.8 Å². The summed E-state index contributed by atoms with van der Waals surface area (Å²) in [6.45, 7) is 4.87. The van der Waals surface area contributed by atoms with Gasteiger partial charge in [0.25, 0.3) is 0 Å². The number of benzene rings is 1. The van der Waals surface area contributed by atoms with E-state index in [2.05, 4.69) is 5.32 Å². The van der Waals surface area contributed by atoms with Crippen LogP contribution in [0.1, 0.15) is 20.3 Å². The Bertz CT molecular complexity index is 349. The Hall–Kier alpha value is -1.25. The molecule has 2 nitrogen and oxygen atoms in total. The molecule has 76 valence electrons. The number of anilines is 1. The number of rotatable bonds is 0. The first kappa shape index (κ1) is 9.31. The number of ether oxygens (including phenoxy) is 1. The first-order chi connectivity index (χ1) is 6.57. The fourth-order valence-corrected chi connectivity index (χ4v) is 1.57. The van der Waals surface area contributed by atoms with Crippen molar-refractivity contribution in [1.82, 2.24) is 0 Å². The van der Waals surface area contributed by atoms with E-state index in [0.717, 1.165) is 18.7 Å². The van der Waals surface area contributed by atoms with Gasteiger partial charge in [-0.15, -0.1) is 0 Å². The van der Waals surface area contributed by atoms with Gasteiger partial charge in [0.15, 0.2) is 0 Å². The quantitative estimate of drug-likeness (QED) is 0.687. The largest absolute Gasteiger partial charge is 0.486 e. The molecule has 0 saturated carbocycles. The molecular weight excluding hydrogens is 181 g/mol. The summed E-state index contributed by atoms with van der Waals surface area (Å²) in [5.41, 5.74) is 0.642. The van der Waals surface area contributed by atoms with Crippen LogP contribution in [0.25, 0.3) is 0 Å². The van der Waals surface area contributed by atoms with Gasteiger partial charge in [0.05, 0.1) is 5.69 Å². The Labute approximate surface area is 83.1 Å². The van der Waals surface area contributed by atoms with Crippen LogP contribution in [-0.2, 0) is 0 Å². The first-order valence-electron chi connectivity index (χ1n) is 4.79. The first-order valence-corrected chi connectivity index (χ1v) is 4.79. The van der Waals surface area contributed by atoms with Gasteiger partial charge in [0.1, 0.15) is 17.2 Å². The lowest BCUT2D eigenvalue weighted by Crippen LogP contribution is -2.28. The van der Waals surface area contributed by atoms with Crippen molar-refractivity contribution >= 4 is 5.69 Å². The van der Waals surface area contributed by atoms with Crippen LogP contribution in [0.15, 0.2) is 18.2 Å². The summed E-state index contributed by atoms with van der Waals surface area (Å²) in [5.74, 6) is 0.343. The van der Waals surface area contributed by atoms with Crippen LogP contribution in [0.4, 0.5) is 10.1 Å². The van der Waals surface area contributed by atoms with Crippen LogP contribution >= 0.6 is 0 Å². The lowest BCUT2D eigenvalue weighted by molar-refractivity contribution is 0.108. The van der Waals surface area contributed by atoms with Crippen molar-refractivity contribution in [2.24, 2.45) is 0 Å². The minimum absolute atomic E-state index is 0.230. The second-order valence-corrected chi connectivity index (χ2v) is 4.18. The van der Waals surface area contributed by atoms with E-state index in [0.29, 0.717) is 5.75 Å². The lowest BCUT2D eigenvalue weighted by Gasteiger charge is -2.23. The molecule has 2 rings (SSSR count). The number of halogens is 1. The molecule has 1 N–H and O–H groups in total. The molecule has 0 radical (unpaired) electrons. The number of fused-ring (bicyclic) bond motifs is 1. The second-order valence-electron chi connectivity index (χ2n) is 4.18. The number of hydrogen-bond donors (Lipinski definition) is 1. The van der Waals surface area contributed by atoms with Crippen molar-refractivity contribution in [1.29, 1.82) is 0 Å². The van der Waals surface area contributed by atoms with Crippen LogP contribution in [0.3, 0.4) is 0 Å². The van der Waals surface area contributed by atoms with E-state index in [9.17, 15) is 4.39 Å². The van der Waals surface area contributed by atoms with E-state index < -0.39 is 0 Å². The molecule has 0 saturated heterocycles. The Balaban J connectivity index is 2.38. The molecule has 0 aliphatic carbocycles. The molecule has 0 fully saturated rings. The van der Waals surface area contributed by atoms with Gasteiger partial charge in [0, 0.05) is 19.0 Å². The van der Waals surface area contributed by atoms with Gasteiger partial charge in [-0.3, -0.25) is 0 Å². The van der Waals surface area contributed by atoms with Crippen LogP contribution in [0.5, 0.6) is 5.75 Å². The monoisotopic (exact) mass is 195 g/mol. The third kappa shape index (κ3) is 1.81. The molecule has 1 aromatic rings. The van der Waals surface area contributed by atoms with E-state index in [-0.39, 0.29) is 11.4 Å². The van der Waals surface area contributed by atoms with Gasteiger partial charge < -0.3 is 10.1 Å². The summed E-state index contributed by atoms with van der Waals surface area (Å²) in [6.07, 6.45) is 0.906. The minimum atomic E-state index is -0.261. The summed E-state index contributed by atoms with van der Waals surface area (Å²) < 4.78 is 18.7. The maximum Gasteiger partial charge on any atom is 0.146 e. The van der Waals surface area contributed by atoms with Gasteiger partial charge in [0.2, 0.25) is 0 Å². The van der Waals surface area contributed by atoms with Crippen molar-refractivity contribution in [3.05, 3.63) is 24.0 Å². The highest BCUT2D eigenvalue weighted by molar-refractivity contribution is 5.57. The highest BCUT2D eigenvalue weighted by Gasteiger charge is 2.24. The Kier molecular flexibility index (Phi) is 2.10. The third-order valence-corrected chi connectivity index (χ3v) is 2.37. The van der Waals surface area contributed by atoms with Crippen molar-refractivity contribution in [3.8, 4) is 5.75 Å². The molecule has 1 heterocycles. The van der Waals surface area contributed by atoms with E-state index >= 15 is 0 Å². The minimum Gasteiger partial charge on any atom is -0.486 e. The highest BCUT2D eigenvalue weighted by Crippen LogP contribution is 2.32. The molecule has 0 bridgehead atoms. The summed E-state index contributed by atoms with van der Waals surface area (Å²) in [5, 5.41) is 3.22. The Morgan fingerprint density at radius 2 is 2.21 bits per heavy atom. The standard InChI is InChI=1S/C11H14FNO/c1-11(2)5-6-13-9-4-3-8(12)7-10(9)14-11/h3-4,7,13H,5-6H2,1-2H3. The number of hydrogen-bond acceptors (Lipinski definition) is 2. The van der Waals surface area contributed by atoms with E-state index in [1.54, 1.807) is 6.07 Å². The maximum absolute atomic E-state index is 13.0. The molecule has 0 atom stereocenters. The predicted octanol–water partition coefficient (Wildman–Crippen LogP) is 2.80. The SMILES string of the molecule is CC1(C)CCNc2ccc(F)cc2O1. The molecule has 14 heavy (non-hydrogen) atoms. The molecule has 0 amide bonds. The molecule has 0 spiro atoms. The lowest BCUT2D eigenvalue weighted by atomic mass is 10.1. The normalized spacial score (nSPS) is 18.8. The van der Waals surface area contributed by atoms with Gasteiger partial charge in [-0.2, -0.15) is 0 Å². The average Bonchev–Trinajstić information content (AvgIpc) is 2.21. The molecule has 0 aromatic heterocycles. The smallest absolute Gasteiger partial charge is 0.146 e. The van der Waals surface area contributed by atoms with Crippen molar-refractivity contribution < 1.29 is 9.13 Å². The average molecular weight is 195 g/mol. The van der Waals surface area contributed by atoms with Gasteiger partial charge in [-0.1, -0.05) is 0 Å². The van der Waals surface area contributed by atoms with Crippen molar-refractivity contribution in [2.45, 2.75) is 25.9 Å². The molecule has 0 unspecified atom stereocenters.